The van der Waals surface area contributed by atoms with Gasteiger partial charge in [0.05, 0.1) is 12.1 Å². The van der Waals surface area contributed by atoms with E-state index in [2.05, 4.69) is 17.6 Å². The van der Waals surface area contributed by atoms with Gasteiger partial charge < -0.3 is 14.2 Å². The topological polar surface area (TPSA) is 34.5 Å². The maximum atomic E-state index is 13.1. The van der Waals surface area contributed by atoms with E-state index in [4.69, 9.17) is 16.3 Å². The van der Waals surface area contributed by atoms with E-state index in [-0.39, 0.29) is 11.8 Å². The van der Waals surface area contributed by atoms with Crippen LogP contribution in [0.4, 0.5) is 0 Å². The van der Waals surface area contributed by atoms with Gasteiger partial charge in [0.2, 0.25) is 0 Å². The van der Waals surface area contributed by atoms with E-state index in [1.165, 1.54) is 6.42 Å². The van der Waals surface area contributed by atoms with Crippen LogP contribution in [0.15, 0.2) is 48.2 Å². The molecule has 1 fully saturated rings. The predicted molar refractivity (Wildman–Crippen MR) is 118 cm³/mol. The summed E-state index contributed by atoms with van der Waals surface area (Å²) in [5.41, 5.74) is 3.82. The molecule has 1 aromatic heterocycles. The first-order chi connectivity index (χ1) is 14.1. The van der Waals surface area contributed by atoms with Crippen molar-refractivity contribution in [3.05, 3.63) is 64.5 Å². The Hall–Kier alpha value is -2.46. The van der Waals surface area contributed by atoms with Crippen molar-refractivity contribution in [2.24, 2.45) is 0 Å². The Bertz CT molecular complexity index is 950. The number of amides is 1. The fourth-order valence-electron chi connectivity index (χ4n) is 4.23. The number of methoxy groups -OCH3 is 1. The molecule has 1 unspecified atom stereocenters. The number of piperidine rings is 1. The highest BCUT2D eigenvalue weighted by molar-refractivity contribution is 6.32. The SMILES string of the molecule is COc1ccc(-n2cc(Cl)c3c2C(C)C/C=C/C(C(=O)N2CCCCC2)=C3)cc1. The molecule has 1 aliphatic carbocycles. The first kappa shape index (κ1) is 19.8. The number of hydrogen-bond acceptors (Lipinski definition) is 2. The zero-order chi connectivity index (χ0) is 20.4. The molecule has 1 aliphatic heterocycles. The third-order valence-electron chi connectivity index (χ3n) is 5.83. The van der Waals surface area contributed by atoms with Gasteiger partial charge in [-0.2, -0.15) is 0 Å². The smallest absolute Gasteiger partial charge is 0.253 e. The van der Waals surface area contributed by atoms with Gasteiger partial charge in [0.1, 0.15) is 5.75 Å². The number of aromatic nitrogens is 1. The lowest BCUT2D eigenvalue weighted by Gasteiger charge is -2.27. The molecular formula is C24H27ClN2O2. The third-order valence-corrected chi connectivity index (χ3v) is 6.13. The van der Waals surface area contributed by atoms with Gasteiger partial charge in [-0.3, -0.25) is 4.79 Å². The molecule has 1 saturated heterocycles. The number of benzene rings is 1. The minimum atomic E-state index is 0.106. The molecule has 0 bridgehead atoms. The summed E-state index contributed by atoms with van der Waals surface area (Å²) < 4.78 is 7.42. The Kier molecular flexibility index (Phi) is 5.81. The lowest BCUT2D eigenvalue weighted by molar-refractivity contribution is -0.127. The molecule has 0 radical (unpaired) electrons. The first-order valence-corrected chi connectivity index (χ1v) is 10.7. The maximum absolute atomic E-state index is 13.1. The Balaban J connectivity index is 1.76. The van der Waals surface area contributed by atoms with E-state index in [1.54, 1.807) is 7.11 Å². The molecule has 4 rings (SSSR count). The normalized spacial score (nSPS) is 20.3. The number of halogens is 1. The van der Waals surface area contributed by atoms with Gasteiger partial charge >= 0.3 is 0 Å². The van der Waals surface area contributed by atoms with Gasteiger partial charge in [-0.1, -0.05) is 30.7 Å². The second kappa shape index (κ2) is 8.50. The van der Waals surface area contributed by atoms with Crippen LogP contribution in [0.1, 0.15) is 49.8 Å². The Morgan fingerprint density at radius 3 is 2.55 bits per heavy atom. The predicted octanol–water partition coefficient (Wildman–Crippen LogP) is 5.60. The minimum Gasteiger partial charge on any atom is -0.497 e. The molecule has 1 atom stereocenters. The monoisotopic (exact) mass is 410 g/mol. The van der Waals surface area contributed by atoms with E-state index in [0.29, 0.717) is 5.02 Å². The summed E-state index contributed by atoms with van der Waals surface area (Å²) in [5, 5.41) is 0.668. The fourth-order valence-corrected chi connectivity index (χ4v) is 4.48. The first-order valence-electron chi connectivity index (χ1n) is 10.3. The van der Waals surface area contributed by atoms with Crippen LogP contribution in [0, 0.1) is 0 Å². The summed E-state index contributed by atoms with van der Waals surface area (Å²) in [7, 11) is 1.66. The highest BCUT2D eigenvalue weighted by Gasteiger charge is 2.24. The van der Waals surface area contributed by atoms with Crippen LogP contribution in [0.25, 0.3) is 11.8 Å². The molecule has 0 spiro atoms. The lowest BCUT2D eigenvalue weighted by Crippen LogP contribution is -2.36. The van der Waals surface area contributed by atoms with Crippen molar-refractivity contribution in [3.63, 3.8) is 0 Å². The summed E-state index contributed by atoms with van der Waals surface area (Å²) in [6, 6.07) is 7.95. The van der Waals surface area contributed by atoms with E-state index in [1.807, 2.05) is 47.5 Å². The highest BCUT2D eigenvalue weighted by atomic mass is 35.5. The van der Waals surface area contributed by atoms with E-state index >= 15 is 0 Å². The average molecular weight is 411 g/mol. The maximum Gasteiger partial charge on any atom is 0.253 e. The van der Waals surface area contributed by atoms with Crippen molar-refractivity contribution in [3.8, 4) is 11.4 Å². The molecule has 2 aromatic rings. The van der Waals surface area contributed by atoms with Gasteiger partial charge in [-0.15, -0.1) is 0 Å². The number of ether oxygens (including phenoxy) is 1. The van der Waals surface area contributed by atoms with E-state index in [9.17, 15) is 4.79 Å². The van der Waals surface area contributed by atoms with Gasteiger partial charge in [0.15, 0.2) is 0 Å². The zero-order valence-corrected chi connectivity index (χ0v) is 17.8. The summed E-state index contributed by atoms with van der Waals surface area (Å²) in [6.07, 6.45) is 12.2. The van der Waals surface area contributed by atoms with Gasteiger partial charge in [0.25, 0.3) is 5.91 Å². The minimum absolute atomic E-state index is 0.106. The van der Waals surface area contributed by atoms with Crippen LogP contribution in [-0.2, 0) is 4.79 Å². The van der Waals surface area contributed by atoms with Crippen molar-refractivity contribution in [2.45, 2.75) is 38.5 Å². The fraction of sp³-hybridized carbons (Fsp3) is 0.375. The zero-order valence-electron chi connectivity index (χ0n) is 17.0. The molecular weight excluding hydrogens is 384 g/mol. The number of fused-ring (bicyclic) bond motifs is 1. The lowest BCUT2D eigenvalue weighted by atomic mass is 9.94. The van der Waals surface area contributed by atoms with Crippen LogP contribution < -0.4 is 4.74 Å². The quantitative estimate of drug-likeness (QED) is 0.660. The van der Waals surface area contributed by atoms with Crippen LogP contribution in [0.3, 0.4) is 0 Å². The summed E-state index contributed by atoms with van der Waals surface area (Å²) in [5.74, 6) is 1.20. The van der Waals surface area contributed by atoms with Crippen LogP contribution in [0.5, 0.6) is 5.75 Å². The molecule has 2 aliphatic rings. The third kappa shape index (κ3) is 3.99. The Morgan fingerprint density at radius 2 is 1.86 bits per heavy atom. The summed E-state index contributed by atoms with van der Waals surface area (Å²) in [4.78, 5) is 15.1. The number of nitrogens with zero attached hydrogens (tertiary/aromatic N) is 2. The van der Waals surface area contributed by atoms with Crippen molar-refractivity contribution in [2.75, 3.05) is 20.2 Å². The standard InChI is InChI=1S/C24H27ClN2O2/c1-17-7-6-8-18(24(28)26-13-4-3-5-14-26)15-21-22(25)16-27(23(17)21)19-9-11-20(29-2)12-10-19/h6,8-12,15-17H,3-5,7,13-14H2,1-2H3/b8-6+,18-15?. The Labute approximate surface area is 177 Å². The number of likely N-dealkylation sites (tertiary alicyclic amines) is 1. The number of carbonyl (C=O) groups excluding carboxylic acids is 1. The van der Waals surface area contributed by atoms with Gasteiger partial charge in [-0.05, 0) is 56.0 Å². The number of carbonyl (C=O) groups is 1. The van der Waals surface area contributed by atoms with E-state index < -0.39 is 0 Å². The molecule has 152 valence electrons. The highest BCUT2D eigenvalue weighted by Crippen LogP contribution is 2.36. The average Bonchev–Trinajstić information content (AvgIpc) is 3.07. The molecule has 4 nitrogen and oxygen atoms in total. The van der Waals surface area contributed by atoms with Crippen LogP contribution in [-0.4, -0.2) is 35.6 Å². The second-order valence-electron chi connectivity index (χ2n) is 7.84. The molecule has 0 N–H and O–H groups in total. The molecule has 1 aromatic carbocycles. The molecule has 29 heavy (non-hydrogen) atoms. The van der Waals surface area contributed by atoms with Gasteiger partial charge in [-0.25, -0.2) is 0 Å². The van der Waals surface area contributed by atoms with Crippen molar-refractivity contribution in [1.82, 2.24) is 9.47 Å². The number of rotatable bonds is 3. The summed E-state index contributed by atoms with van der Waals surface area (Å²) >= 11 is 6.68. The molecule has 0 saturated carbocycles. The molecule has 2 heterocycles. The van der Waals surface area contributed by atoms with Crippen LogP contribution in [0.2, 0.25) is 5.02 Å². The van der Waals surface area contributed by atoms with Crippen molar-refractivity contribution >= 4 is 23.6 Å². The number of allylic oxidation sites excluding steroid dienone is 1. The second-order valence-corrected chi connectivity index (χ2v) is 8.24. The summed E-state index contributed by atoms with van der Waals surface area (Å²) in [6.45, 7) is 3.88. The van der Waals surface area contributed by atoms with Crippen molar-refractivity contribution in [1.29, 1.82) is 0 Å². The van der Waals surface area contributed by atoms with Crippen LogP contribution >= 0.6 is 11.6 Å². The van der Waals surface area contributed by atoms with Gasteiger partial charge in [0, 0.05) is 47.7 Å². The van der Waals surface area contributed by atoms with E-state index in [0.717, 1.165) is 60.6 Å². The Morgan fingerprint density at radius 1 is 1.14 bits per heavy atom. The molecule has 5 heteroatoms. The largest absolute Gasteiger partial charge is 0.497 e. The number of hydrogen-bond donors (Lipinski definition) is 0. The molecule has 1 amide bonds. The van der Waals surface area contributed by atoms with Crippen molar-refractivity contribution < 1.29 is 9.53 Å².